The molecule has 2 N–H and O–H groups in total. The maximum atomic E-state index is 11.3. The Labute approximate surface area is 118 Å². The summed E-state index contributed by atoms with van der Waals surface area (Å²) < 4.78 is 28.3. The smallest absolute Gasteiger partial charge is 0.268 e. The summed E-state index contributed by atoms with van der Waals surface area (Å²) in [5.74, 6) is 0.276. The maximum absolute atomic E-state index is 11.3. The molecule has 0 amide bonds. The van der Waals surface area contributed by atoms with E-state index in [1.165, 1.54) is 12.7 Å². The van der Waals surface area contributed by atoms with E-state index in [-0.39, 0.29) is 12.4 Å². The second-order valence-corrected chi connectivity index (χ2v) is 6.20. The van der Waals surface area contributed by atoms with Crippen molar-refractivity contribution in [3.63, 3.8) is 0 Å². The van der Waals surface area contributed by atoms with Crippen molar-refractivity contribution in [2.45, 2.75) is 24.9 Å². The first-order valence-corrected chi connectivity index (χ1v) is 7.72. The van der Waals surface area contributed by atoms with Gasteiger partial charge in [0.1, 0.15) is 24.2 Å². The van der Waals surface area contributed by atoms with E-state index < -0.39 is 26.3 Å². The average molecular weight is 312 g/mol. The first kappa shape index (κ1) is 13.1. The van der Waals surface area contributed by atoms with Gasteiger partial charge in [-0.15, -0.1) is 0 Å². The van der Waals surface area contributed by atoms with Gasteiger partial charge in [0.15, 0.2) is 11.5 Å². The molecule has 0 aliphatic carbocycles. The Morgan fingerprint density at radius 3 is 3.10 bits per heavy atom. The zero-order chi connectivity index (χ0) is 14.6. The fraction of sp³-hybridized carbons (Fsp3) is 0.500. The largest absolute Gasteiger partial charge is 0.756 e. The molecule has 0 bridgehead atoms. The van der Waals surface area contributed by atoms with Crippen molar-refractivity contribution in [3.05, 3.63) is 12.7 Å². The fourth-order valence-electron chi connectivity index (χ4n) is 2.57. The highest BCUT2D eigenvalue weighted by atomic mass is 31.2. The van der Waals surface area contributed by atoms with Gasteiger partial charge in [0, 0.05) is 6.42 Å². The van der Waals surface area contributed by atoms with Gasteiger partial charge in [-0.2, -0.15) is 0 Å². The molecular formula is C10H11N5O5P-. The molecule has 4 rings (SSSR count). The molecule has 2 aliphatic rings. The SMILES string of the molecule is Nc1ncnc2c1ncn2C1CC2OP(=O)([O-])OCC2O1. The van der Waals surface area contributed by atoms with E-state index in [1.807, 2.05) is 0 Å². The molecule has 2 saturated heterocycles. The van der Waals surface area contributed by atoms with E-state index in [2.05, 4.69) is 19.5 Å². The van der Waals surface area contributed by atoms with Crippen molar-refractivity contribution >= 4 is 24.8 Å². The Hall–Kier alpha value is -1.58. The summed E-state index contributed by atoms with van der Waals surface area (Å²) in [5.41, 5.74) is 6.73. The number of hydrogen-bond acceptors (Lipinski definition) is 9. The number of phosphoric acid groups is 1. The third-order valence-corrected chi connectivity index (χ3v) is 4.53. The number of rotatable bonds is 1. The average Bonchev–Trinajstić information content (AvgIpc) is 3.01. The lowest BCUT2D eigenvalue weighted by atomic mass is 10.2. The van der Waals surface area contributed by atoms with Gasteiger partial charge in [0.25, 0.3) is 7.82 Å². The van der Waals surface area contributed by atoms with Gasteiger partial charge in [-0.05, 0) is 0 Å². The molecule has 2 aromatic heterocycles. The van der Waals surface area contributed by atoms with E-state index in [0.29, 0.717) is 17.6 Å². The van der Waals surface area contributed by atoms with E-state index in [0.717, 1.165) is 0 Å². The van der Waals surface area contributed by atoms with Crippen LogP contribution in [0.3, 0.4) is 0 Å². The van der Waals surface area contributed by atoms with E-state index in [1.54, 1.807) is 4.57 Å². The van der Waals surface area contributed by atoms with Crippen LogP contribution in [0.25, 0.3) is 11.2 Å². The van der Waals surface area contributed by atoms with Gasteiger partial charge in [0.05, 0.1) is 19.0 Å². The number of nitrogen functional groups attached to an aromatic ring is 1. The number of phosphoric ester groups is 1. The van der Waals surface area contributed by atoms with Crippen LogP contribution in [-0.2, 0) is 18.3 Å². The van der Waals surface area contributed by atoms with Crippen molar-refractivity contribution < 1.29 is 23.2 Å². The highest BCUT2D eigenvalue weighted by Crippen LogP contribution is 2.49. The van der Waals surface area contributed by atoms with Crippen LogP contribution in [0.5, 0.6) is 0 Å². The zero-order valence-electron chi connectivity index (χ0n) is 10.7. The number of nitrogens with zero attached hydrogens (tertiary/aromatic N) is 4. The maximum Gasteiger partial charge on any atom is 0.268 e. The minimum absolute atomic E-state index is 0.0499. The molecule has 2 aliphatic heterocycles. The Morgan fingerprint density at radius 2 is 2.24 bits per heavy atom. The summed E-state index contributed by atoms with van der Waals surface area (Å²) in [4.78, 5) is 23.5. The number of imidazole rings is 1. The molecule has 0 aromatic carbocycles. The molecule has 2 fully saturated rings. The second kappa shape index (κ2) is 4.46. The van der Waals surface area contributed by atoms with E-state index >= 15 is 0 Å². The van der Waals surface area contributed by atoms with Crippen molar-refractivity contribution in [2.24, 2.45) is 0 Å². The Morgan fingerprint density at radius 1 is 1.38 bits per heavy atom. The number of ether oxygens (including phenoxy) is 1. The molecule has 0 saturated carbocycles. The van der Waals surface area contributed by atoms with Crippen molar-refractivity contribution in [2.75, 3.05) is 12.3 Å². The molecule has 21 heavy (non-hydrogen) atoms. The third-order valence-electron chi connectivity index (χ3n) is 3.54. The topological polar surface area (TPSA) is 137 Å². The highest BCUT2D eigenvalue weighted by molar-refractivity contribution is 7.45. The fourth-order valence-corrected chi connectivity index (χ4v) is 3.52. The molecule has 10 nitrogen and oxygen atoms in total. The lowest BCUT2D eigenvalue weighted by Crippen LogP contribution is -2.35. The summed E-state index contributed by atoms with van der Waals surface area (Å²) in [6.07, 6.45) is 1.78. The van der Waals surface area contributed by atoms with Gasteiger partial charge >= 0.3 is 0 Å². The van der Waals surface area contributed by atoms with Gasteiger partial charge in [-0.3, -0.25) is 9.13 Å². The standard InChI is InChI=1S/C10H12N5O5P/c11-9-8-10(13-3-12-9)15(4-14-8)7-1-5-6(19-7)2-18-21(16,17)20-5/h3-7H,1-2H2,(H,16,17)(H2,11,12,13)/p-1. The molecule has 4 heterocycles. The number of fused-ring (bicyclic) bond motifs is 2. The van der Waals surface area contributed by atoms with Crippen molar-refractivity contribution in [3.8, 4) is 0 Å². The summed E-state index contributed by atoms with van der Waals surface area (Å²) in [7, 11) is -4.22. The number of hydrogen-bond donors (Lipinski definition) is 1. The Kier molecular flexibility index (Phi) is 2.78. The van der Waals surface area contributed by atoms with Crippen molar-refractivity contribution in [1.82, 2.24) is 19.5 Å². The lowest BCUT2D eigenvalue weighted by Gasteiger charge is -2.33. The quantitative estimate of drug-likeness (QED) is 0.695. The van der Waals surface area contributed by atoms with Crippen LogP contribution in [0.2, 0.25) is 0 Å². The third kappa shape index (κ3) is 2.12. The van der Waals surface area contributed by atoms with Crippen LogP contribution in [0, 0.1) is 0 Å². The van der Waals surface area contributed by atoms with E-state index in [4.69, 9.17) is 15.0 Å². The highest BCUT2D eigenvalue weighted by Gasteiger charge is 2.43. The van der Waals surface area contributed by atoms with Crippen LogP contribution in [-0.4, -0.2) is 38.3 Å². The van der Waals surface area contributed by atoms with E-state index in [9.17, 15) is 9.46 Å². The first-order chi connectivity index (χ1) is 10.0. The predicted octanol–water partition coefficient (Wildman–Crippen LogP) is -0.420. The number of nitrogens with two attached hydrogens (primary N) is 1. The minimum Gasteiger partial charge on any atom is -0.756 e. The van der Waals surface area contributed by atoms with Crippen LogP contribution in [0.15, 0.2) is 12.7 Å². The molecule has 4 atom stereocenters. The monoisotopic (exact) mass is 312 g/mol. The molecule has 0 radical (unpaired) electrons. The minimum atomic E-state index is -4.22. The Balaban J connectivity index is 1.66. The summed E-state index contributed by atoms with van der Waals surface area (Å²) in [6, 6.07) is 0. The predicted molar refractivity (Wildman–Crippen MR) is 66.7 cm³/mol. The molecule has 11 heteroatoms. The number of anilines is 1. The molecular weight excluding hydrogens is 301 g/mol. The summed E-state index contributed by atoms with van der Waals surface area (Å²) in [5, 5.41) is 0. The first-order valence-electron chi connectivity index (χ1n) is 6.26. The van der Waals surface area contributed by atoms with Gasteiger partial charge < -0.3 is 24.4 Å². The van der Waals surface area contributed by atoms with Crippen LogP contribution in [0.4, 0.5) is 5.82 Å². The Bertz CT molecular complexity index is 751. The van der Waals surface area contributed by atoms with Gasteiger partial charge in [-0.25, -0.2) is 15.0 Å². The molecule has 2 aromatic rings. The molecule has 0 spiro atoms. The van der Waals surface area contributed by atoms with Crippen molar-refractivity contribution in [1.29, 1.82) is 0 Å². The molecule has 112 valence electrons. The lowest BCUT2D eigenvalue weighted by molar-refractivity contribution is -0.243. The van der Waals surface area contributed by atoms with Gasteiger partial charge in [0.2, 0.25) is 0 Å². The second-order valence-electron chi connectivity index (χ2n) is 4.83. The van der Waals surface area contributed by atoms with Crippen LogP contribution >= 0.6 is 7.82 Å². The van der Waals surface area contributed by atoms with Crippen LogP contribution in [0.1, 0.15) is 12.6 Å². The number of aromatic nitrogens is 4. The normalized spacial score (nSPS) is 36.0. The van der Waals surface area contributed by atoms with Gasteiger partial charge in [-0.1, -0.05) is 0 Å². The molecule has 4 unspecified atom stereocenters. The zero-order valence-corrected chi connectivity index (χ0v) is 11.6. The summed E-state index contributed by atoms with van der Waals surface area (Å²) >= 11 is 0. The summed E-state index contributed by atoms with van der Waals surface area (Å²) in [6.45, 7) is -0.0499. The van der Waals surface area contributed by atoms with Crippen LogP contribution < -0.4 is 10.6 Å².